The van der Waals surface area contributed by atoms with Gasteiger partial charge in [-0.25, -0.2) is 4.68 Å². The Kier molecular flexibility index (Phi) is 7.15. The van der Waals surface area contributed by atoms with Gasteiger partial charge in [0.05, 0.1) is 17.1 Å². The van der Waals surface area contributed by atoms with Crippen LogP contribution in [0.3, 0.4) is 0 Å². The Bertz CT molecular complexity index is 1410. The molecule has 0 saturated carbocycles. The molecule has 1 aliphatic rings. The molecule has 37 heavy (non-hydrogen) atoms. The third-order valence-corrected chi connectivity index (χ3v) is 7.71. The van der Waals surface area contributed by atoms with Crippen LogP contribution in [-0.4, -0.2) is 27.3 Å². The van der Waals surface area contributed by atoms with Gasteiger partial charge in [-0.05, 0) is 55.7 Å². The molecule has 2 heterocycles. The number of nitrogens with one attached hydrogen (secondary N) is 1. The normalized spacial score (nSPS) is 15.3. The lowest BCUT2D eigenvalue weighted by Gasteiger charge is -2.30. The Morgan fingerprint density at radius 1 is 0.946 bits per heavy atom. The first-order valence-corrected chi connectivity index (χ1v) is 13.5. The van der Waals surface area contributed by atoms with Crippen molar-refractivity contribution in [2.24, 2.45) is 0 Å². The summed E-state index contributed by atoms with van der Waals surface area (Å²) in [7, 11) is 0. The highest BCUT2D eigenvalue weighted by atomic mass is 32.2. The number of fused-ring (bicyclic) bond motifs is 1. The molecule has 2 amide bonds. The van der Waals surface area contributed by atoms with Crippen LogP contribution >= 0.6 is 11.8 Å². The van der Waals surface area contributed by atoms with Crippen molar-refractivity contribution in [3.05, 3.63) is 107 Å². The Morgan fingerprint density at radius 3 is 2.30 bits per heavy atom. The average Bonchev–Trinajstić information content (AvgIpc) is 3.16. The van der Waals surface area contributed by atoms with Gasteiger partial charge < -0.3 is 5.32 Å². The monoisotopic (exact) mass is 510 g/mol. The van der Waals surface area contributed by atoms with Crippen LogP contribution in [0.25, 0.3) is 5.69 Å². The number of aromatic nitrogens is 2. The summed E-state index contributed by atoms with van der Waals surface area (Å²) in [4.78, 5) is 29.2. The van der Waals surface area contributed by atoms with E-state index in [0.29, 0.717) is 12.2 Å². The molecule has 4 aromatic rings. The predicted octanol–water partition coefficient (Wildman–Crippen LogP) is 5.55. The first kappa shape index (κ1) is 24.8. The second kappa shape index (κ2) is 10.6. The minimum absolute atomic E-state index is 0.111. The average molecular weight is 511 g/mol. The first-order valence-electron chi connectivity index (χ1n) is 12.5. The van der Waals surface area contributed by atoms with Crippen LogP contribution in [0, 0.1) is 13.8 Å². The number of para-hydroxylation sites is 1. The Morgan fingerprint density at radius 2 is 1.62 bits per heavy atom. The second-order valence-corrected chi connectivity index (χ2v) is 10.2. The van der Waals surface area contributed by atoms with Crippen molar-refractivity contribution in [2.45, 2.75) is 44.8 Å². The fraction of sp³-hybridized carbons (Fsp3) is 0.233. The molecule has 0 bridgehead atoms. The van der Waals surface area contributed by atoms with E-state index in [2.05, 4.69) is 12.2 Å². The summed E-state index contributed by atoms with van der Waals surface area (Å²) in [6, 6.07) is 25.0. The molecule has 1 atom stereocenters. The molecule has 0 aliphatic carbocycles. The number of benzene rings is 3. The highest BCUT2D eigenvalue weighted by Crippen LogP contribution is 2.41. The maximum Gasteiger partial charge on any atom is 0.248 e. The number of hydrogen-bond donors (Lipinski definition) is 1. The number of aryl methyl sites for hydroxylation is 3. The van der Waals surface area contributed by atoms with Crippen LogP contribution in [0.5, 0.6) is 0 Å². The molecule has 0 spiro atoms. The van der Waals surface area contributed by atoms with E-state index >= 15 is 0 Å². The van der Waals surface area contributed by atoms with Gasteiger partial charge in [-0.15, -0.1) is 0 Å². The van der Waals surface area contributed by atoms with Gasteiger partial charge in [0, 0.05) is 17.8 Å². The van der Waals surface area contributed by atoms with Crippen LogP contribution in [-0.2, 0) is 22.6 Å². The van der Waals surface area contributed by atoms with E-state index in [1.807, 2.05) is 97.4 Å². The largest absolute Gasteiger partial charge is 0.350 e. The van der Waals surface area contributed by atoms with E-state index < -0.39 is 6.04 Å². The van der Waals surface area contributed by atoms with Crippen molar-refractivity contribution < 1.29 is 9.59 Å². The summed E-state index contributed by atoms with van der Waals surface area (Å²) in [5.41, 5.74) is 6.44. The summed E-state index contributed by atoms with van der Waals surface area (Å²) in [5.74, 6) is -0.129. The van der Waals surface area contributed by atoms with E-state index in [0.717, 1.165) is 39.5 Å². The van der Waals surface area contributed by atoms with Gasteiger partial charge in [0.25, 0.3) is 0 Å². The number of anilines is 1. The minimum atomic E-state index is -0.840. The minimum Gasteiger partial charge on any atom is -0.350 e. The van der Waals surface area contributed by atoms with Crippen molar-refractivity contribution in [3.8, 4) is 5.69 Å². The summed E-state index contributed by atoms with van der Waals surface area (Å²) in [5, 5.41) is 8.74. The molecule has 0 fully saturated rings. The number of nitrogens with zero attached hydrogens (tertiary/aromatic N) is 3. The Balaban J connectivity index is 1.59. The molecular formula is C30H30N4O2S. The summed E-state index contributed by atoms with van der Waals surface area (Å²) >= 11 is 1.43. The Labute approximate surface area is 221 Å². The Hall–Kier alpha value is -3.84. The molecule has 6 nitrogen and oxygen atoms in total. The number of hydrogen-bond acceptors (Lipinski definition) is 4. The fourth-order valence-corrected chi connectivity index (χ4v) is 5.70. The SMILES string of the molecule is CCc1ccc(N2C(=O)CSc3c(c(C)nn3-c3ccccc3)[C@H]2C(=O)NCc2ccc(C)cc2)cc1. The van der Waals surface area contributed by atoms with Gasteiger partial charge in [-0.3, -0.25) is 14.5 Å². The van der Waals surface area contributed by atoms with Gasteiger partial charge in [0.1, 0.15) is 11.1 Å². The zero-order valence-corrected chi connectivity index (χ0v) is 22.1. The molecular weight excluding hydrogens is 480 g/mol. The van der Waals surface area contributed by atoms with E-state index in [1.165, 1.54) is 17.3 Å². The second-order valence-electron chi connectivity index (χ2n) is 9.23. The molecule has 0 radical (unpaired) electrons. The van der Waals surface area contributed by atoms with Gasteiger partial charge in [0.2, 0.25) is 11.8 Å². The van der Waals surface area contributed by atoms with Gasteiger partial charge in [0.15, 0.2) is 0 Å². The van der Waals surface area contributed by atoms with Crippen molar-refractivity contribution >= 4 is 29.3 Å². The lowest BCUT2D eigenvalue weighted by molar-refractivity contribution is -0.126. The summed E-state index contributed by atoms with van der Waals surface area (Å²) in [6.07, 6.45) is 0.900. The maximum atomic E-state index is 14.0. The first-order chi connectivity index (χ1) is 18.0. The van der Waals surface area contributed by atoms with Crippen LogP contribution in [0.4, 0.5) is 5.69 Å². The van der Waals surface area contributed by atoms with E-state index in [9.17, 15) is 9.59 Å². The molecule has 0 saturated heterocycles. The molecule has 188 valence electrons. The topological polar surface area (TPSA) is 67.2 Å². The standard InChI is InChI=1S/C30H30N4O2S/c1-4-22-14-16-24(17-15-22)33-26(35)19-37-30-27(21(3)32-34(30)25-8-6-5-7-9-25)28(33)29(36)31-18-23-12-10-20(2)11-13-23/h5-17,28H,4,18-19H2,1-3H3,(H,31,36)/t28-/m0/s1. The highest BCUT2D eigenvalue weighted by Gasteiger charge is 2.40. The number of rotatable bonds is 6. The molecule has 0 unspecified atom stereocenters. The van der Waals surface area contributed by atoms with Crippen LogP contribution in [0.2, 0.25) is 0 Å². The third-order valence-electron chi connectivity index (χ3n) is 6.65. The molecule has 3 aromatic carbocycles. The van der Waals surface area contributed by atoms with E-state index in [-0.39, 0.29) is 17.6 Å². The van der Waals surface area contributed by atoms with Crippen molar-refractivity contribution in [1.82, 2.24) is 15.1 Å². The predicted molar refractivity (Wildman–Crippen MR) is 148 cm³/mol. The third kappa shape index (κ3) is 5.04. The van der Waals surface area contributed by atoms with Crippen molar-refractivity contribution in [3.63, 3.8) is 0 Å². The number of amides is 2. The van der Waals surface area contributed by atoms with Crippen molar-refractivity contribution in [1.29, 1.82) is 0 Å². The van der Waals surface area contributed by atoms with E-state index in [1.54, 1.807) is 4.90 Å². The number of carbonyl (C=O) groups excluding carboxylic acids is 2. The van der Waals surface area contributed by atoms with E-state index in [4.69, 9.17) is 5.10 Å². The number of carbonyl (C=O) groups is 2. The maximum absolute atomic E-state index is 14.0. The molecule has 1 aromatic heterocycles. The van der Waals surface area contributed by atoms with Crippen molar-refractivity contribution in [2.75, 3.05) is 10.7 Å². The van der Waals surface area contributed by atoms with Crippen LogP contribution < -0.4 is 10.2 Å². The molecule has 5 rings (SSSR count). The highest BCUT2D eigenvalue weighted by molar-refractivity contribution is 8.00. The fourth-order valence-electron chi connectivity index (χ4n) is 4.61. The zero-order valence-electron chi connectivity index (χ0n) is 21.3. The quantitative estimate of drug-likeness (QED) is 0.369. The number of thioether (sulfide) groups is 1. The van der Waals surface area contributed by atoms with Crippen LogP contribution in [0.15, 0.2) is 83.9 Å². The van der Waals surface area contributed by atoms with Gasteiger partial charge >= 0.3 is 0 Å². The molecule has 1 N–H and O–H groups in total. The lowest BCUT2D eigenvalue weighted by Crippen LogP contribution is -2.44. The molecule has 1 aliphatic heterocycles. The summed E-state index contributed by atoms with van der Waals surface area (Å²) in [6.45, 7) is 6.42. The van der Waals surface area contributed by atoms with Gasteiger partial charge in [-0.2, -0.15) is 5.10 Å². The van der Waals surface area contributed by atoms with Gasteiger partial charge in [-0.1, -0.05) is 78.8 Å². The zero-order chi connectivity index (χ0) is 25.9. The molecule has 7 heteroatoms. The van der Waals surface area contributed by atoms with Crippen LogP contribution in [0.1, 0.15) is 40.9 Å². The smallest absolute Gasteiger partial charge is 0.248 e. The lowest BCUT2D eigenvalue weighted by atomic mass is 10.0. The summed E-state index contributed by atoms with van der Waals surface area (Å²) < 4.78 is 1.85.